The van der Waals surface area contributed by atoms with Gasteiger partial charge in [0.25, 0.3) is 0 Å². The second-order valence-electron chi connectivity index (χ2n) is 10.9. The van der Waals surface area contributed by atoms with Crippen molar-refractivity contribution < 1.29 is 23.9 Å². The average Bonchev–Trinajstić information content (AvgIpc) is 3.17. The molecule has 0 aliphatic heterocycles. The van der Waals surface area contributed by atoms with E-state index < -0.39 is 5.97 Å². The van der Waals surface area contributed by atoms with Gasteiger partial charge in [-0.1, -0.05) is 43.3 Å². The molecule has 2 aromatic carbocycles. The van der Waals surface area contributed by atoms with Crippen LogP contribution in [0.2, 0.25) is 0 Å². The lowest BCUT2D eigenvalue weighted by molar-refractivity contribution is -0.154. The summed E-state index contributed by atoms with van der Waals surface area (Å²) in [4.78, 5) is 36.9. The van der Waals surface area contributed by atoms with Crippen molar-refractivity contribution in [3.63, 3.8) is 0 Å². The van der Waals surface area contributed by atoms with Crippen LogP contribution in [0.15, 0.2) is 48.5 Å². The zero-order chi connectivity index (χ0) is 25.4. The van der Waals surface area contributed by atoms with Crippen LogP contribution in [0, 0.1) is 17.3 Å². The van der Waals surface area contributed by atoms with E-state index in [1.807, 2.05) is 42.5 Å². The van der Waals surface area contributed by atoms with Gasteiger partial charge in [-0.25, -0.2) is 0 Å². The maximum Gasteiger partial charge on any atom is 0.308 e. The molecule has 5 atom stereocenters. The Morgan fingerprint density at radius 3 is 2.47 bits per heavy atom. The predicted molar refractivity (Wildman–Crippen MR) is 138 cm³/mol. The highest BCUT2D eigenvalue weighted by Gasteiger charge is 2.56. The summed E-state index contributed by atoms with van der Waals surface area (Å²) in [5, 5.41) is 0. The van der Waals surface area contributed by atoms with Gasteiger partial charge in [0, 0.05) is 19.3 Å². The zero-order valence-corrected chi connectivity index (χ0v) is 21.3. The molecule has 0 spiro atoms. The minimum absolute atomic E-state index is 0.00560. The van der Waals surface area contributed by atoms with Gasteiger partial charge in [-0.05, 0) is 91.2 Å². The molecule has 0 aromatic heterocycles. The first-order valence-corrected chi connectivity index (χ1v) is 13.1. The summed E-state index contributed by atoms with van der Waals surface area (Å²) in [6.07, 6.45) is 9.30. The predicted octanol–water partition coefficient (Wildman–Crippen LogP) is 6.30. The number of allylic oxidation sites excluding steroid dienone is 1. The van der Waals surface area contributed by atoms with Crippen LogP contribution in [0.25, 0.3) is 6.08 Å². The van der Waals surface area contributed by atoms with Crippen molar-refractivity contribution in [2.45, 2.75) is 71.3 Å². The summed E-state index contributed by atoms with van der Waals surface area (Å²) < 4.78 is 11.3. The number of aryl methyl sites for hydroxylation is 1. The number of hydrogen-bond donors (Lipinski definition) is 0. The fourth-order valence-corrected chi connectivity index (χ4v) is 7.20. The van der Waals surface area contributed by atoms with Crippen molar-refractivity contribution in [3.05, 3.63) is 70.8 Å². The maximum atomic E-state index is 13.3. The van der Waals surface area contributed by atoms with E-state index in [1.54, 1.807) is 12.2 Å². The first-order chi connectivity index (χ1) is 17.3. The van der Waals surface area contributed by atoms with Crippen LogP contribution in [0.5, 0.6) is 5.75 Å². The summed E-state index contributed by atoms with van der Waals surface area (Å²) >= 11 is 0. The van der Waals surface area contributed by atoms with E-state index in [0.717, 1.165) is 44.1 Å². The van der Waals surface area contributed by atoms with Crippen LogP contribution < -0.4 is 4.74 Å². The SMILES string of the molecule is CC(=O)Oc1cc2c(cc1C(=O)/C=C/c1ccccc1)[C@H]1CC[C@]3(C)[C@@H](OC(C)=O)CC[C@H]3[C@@H]1CC2. The third-order valence-corrected chi connectivity index (χ3v) is 8.79. The summed E-state index contributed by atoms with van der Waals surface area (Å²) in [5.41, 5.74) is 3.78. The van der Waals surface area contributed by atoms with Gasteiger partial charge in [0.05, 0.1) is 5.56 Å². The van der Waals surface area contributed by atoms with Gasteiger partial charge in [0.1, 0.15) is 11.9 Å². The lowest BCUT2D eigenvalue weighted by atomic mass is 9.55. The van der Waals surface area contributed by atoms with Crippen molar-refractivity contribution in [2.75, 3.05) is 0 Å². The molecule has 5 nitrogen and oxygen atoms in total. The standard InChI is InChI=1S/C31H34O5/c1-19(32)35-29-17-22-10-11-24-23(15-16-31(3)27(24)12-14-30(31)36-20(2)33)25(22)18-26(29)28(34)13-9-21-7-5-4-6-8-21/h4-9,13,17-18,23-24,27,30H,10-12,14-16H2,1-3H3/b13-9+/t23-,24+,27-,30-,31-/m0/s1. The van der Waals surface area contributed by atoms with Gasteiger partial charge in [0.15, 0.2) is 5.78 Å². The highest BCUT2D eigenvalue weighted by Crippen LogP contribution is 2.61. The second-order valence-corrected chi connectivity index (χ2v) is 10.9. The molecule has 5 heteroatoms. The number of ketones is 1. The monoisotopic (exact) mass is 486 g/mol. The number of carbonyl (C=O) groups excluding carboxylic acids is 3. The molecular weight excluding hydrogens is 452 g/mol. The molecule has 5 rings (SSSR count). The zero-order valence-electron chi connectivity index (χ0n) is 21.3. The fraction of sp³-hybridized carbons (Fsp3) is 0.452. The molecule has 0 heterocycles. The molecular formula is C31H34O5. The van der Waals surface area contributed by atoms with E-state index in [9.17, 15) is 14.4 Å². The van der Waals surface area contributed by atoms with Crippen LogP contribution in [0.3, 0.4) is 0 Å². The molecule has 3 aliphatic carbocycles. The van der Waals surface area contributed by atoms with Crippen molar-refractivity contribution >= 4 is 23.8 Å². The van der Waals surface area contributed by atoms with Crippen LogP contribution in [0.4, 0.5) is 0 Å². The summed E-state index contributed by atoms with van der Waals surface area (Å²) in [5.74, 6) is 0.913. The van der Waals surface area contributed by atoms with Crippen molar-refractivity contribution in [1.82, 2.24) is 0 Å². The molecule has 2 fully saturated rings. The van der Waals surface area contributed by atoms with E-state index in [4.69, 9.17) is 9.47 Å². The quantitative estimate of drug-likeness (QED) is 0.215. The minimum Gasteiger partial charge on any atom is -0.462 e. The third-order valence-electron chi connectivity index (χ3n) is 8.79. The van der Waals surface area contributed by atoms with Crippen LogP contribution in [-0.4, -0.2) is 23.8 Å². The van der Waals surface area contributed by atoms with Gasteiger partial charge in [-0.3, -0.25) is 14.4 Å². The average molecular weight is 487 g/mol. The molecule has 36 heavy (non-hydrogen) atoms. The van der Waals surface area contributed by atoms with E-state index in [-0.39, 0.29) is 23.3 Å². The Kier molecular flexibility index (Phi) is 6.59. The molecule has 3 aliphatic rings. The number of hydrogen-bond acceptors (Lipinski definition) is 5. The third kappa shape index (κ3) is 4.52. The number of rotatable bonds is 5. The molecule has 0 radical (unpaired) electrons. The molecule has 2 aromatic rings. The first kappa shape index (κ1) is 24.5. The van der Waals surface area contributed by atoms with Crippen molar-refractivity contribution in [2.24, 2.45) is 17.3 Å². The van der Waals surface area contributed by atoms with Gasteiger partial charge < -0.3 is 9.47 Å². The van der Waals surface area contributed by atoms with Crippen molar-refractivity contribution in [3.8, 4) is 5.75 Å². The summed E-state index contributed by atoms with van der Waals surface area (Å²) in [6, 6.07) is 13.6. The topological polar surface area (TPSA) is 69.7 Å². The van der Waals surface area contributed by atoms with E-state index >= 15 is 0 Å². The Bertz CT molecular complexity index is 1210. The van der Waals surface area contributed by atoms with Crippen LogP contribution >= 0.6 is 0 Å². The van der Waals surface area contributed by atoms with Crippen molar-refractivity contribution in [1.29, 1.82) is 0 Å². The highest BCUT2D eigenvalue weighted by atomic mass is 16.5. The highest BCUT2D eigenvalue weighted by molar-refractivity contribution is 6.09. The van der Waals surface area contributed by atoms with E-state index in [0.29, 0.717) is 29.1 Å². The lowest BCUT2D eigenvalue weighted by Gasteiger charge is -2.50. The molecule has 0 bridgehead atoms. The Labute approximate surface area is 212 Å². The van der Waals surface area contributed by atoms with Gasteiger partial charge in [-0.15, -0.1) is 0 Å². The summed E-state index contributed by atoms with van der Waals surface area (Å²) in [6.45, 7) is 5.17. The number of benzene rings is 2. The molecule has 0 saturated heterocycles. The van der Waals surface area contributed by atoms with Gasteiger partial charge >= 0.3 is 11.9 Å². The van der Waals surface area contributed by atoms with E-state index in [1.165, 1.54) is 25.0 Å². The lowest BCUT2D eigenvalue weighted by Crippen LogP contribution is -2.45. The number of carbonyl (C=O) groups is 3. The number of fused-ring (bicyclic) bond motifs is 5. The summed E-state index contributed by atoms with van der Waals surface area (Å²) in [7, 11) is 0. The second kappa shape index (κ2) is 9.68. The number of esters is 2. The molecule has 0 amide bonds. The van der Waals surface area contributed by atoms with Crippen LogP contribution in [0.1, 0.15) is 85.8 Å². The minimum atomic E-state index is -0.430. The van der Waals surface area contributed by atoms with E-state index in [2.05, 4.69) is 6.92 Å². The maximum absolute atomic E-state index is 13.3. The van der Waals surface area contributed by atoms with Gasteiger partial charge in [-0.2, -0.15) is 0 Å². The Hall–Kier alpha value is -3.21. The van der Waals surface area contributed by atoms with Crippen LogP contribution in [-0.2, 0) is 20.7 Å². The van der Waals surface area contributed by atoms with Gasteiger partial charge in [0.2, 0.25) is 0 Å². The smallest absolute Gasteiger partial charge is 0.308 e. The normalized spacial score (nSPS) is 28.6. The first-order valence-electron chi connectivity index (χ1n) is 13.1. The largest absolute Gasteiger partial charge is 0.462 e. The Morgan fingerprint density at radius 1 is 0.972 bits per heavy atom. The number of ether oxygens (including phenoxy) is 2. The molecule has 0 N–H and O–H groups in total. The molecule has 188 valence electrons. The fourth-order valence-electron chi connectivity index (χ4n) is 7.20. The molecule has 0 unspecified atom stereocenters. The Morgan fingerprint density at radius 2 is 1.75 bits per heavy atom. The molecule has 2 saturated carbocycles. The Balaban J connectivity index is 1.47.